The number of anilines is 1. The van der Waals surface area contributed by atoms with E-state index in [1.54, 1.807) is 0 Å². The first-order chi connectivity index (χ1) is 9.11. The molecule has 1 heterocycles. The number of rotatable bonds is 4. The summed E-state index contributed by atoms with van der Waals surface area (Å²) in [7, 11) is 0. The summed E-state index contributed by atoms with van der Waals surface area (Å²) in [5.74, 6) is 0. The largest absolute Gasteiger partial charge is 0.368 e. The van der Waals surface area contributed by atoms with Gasteiger partial charge in [-0.1, -0.05) is 18.5 Å². The third-order valence-corrected chi connectivity index (χ3v) is 4.68. The van der Waals surface area contributed by atoms with E-state index in [2.05, 4.69) is 46.1 Å². The molecule has 0 amide bonds. The van der Waals surface area contributed by atoms with Gasteiger partial charge in [0.25, 0.3) is 0 Å². The summed E-state index contributed by atoms with van der Waals surface area (Å²) in [6.07, 6.45) is 3.59. The van der Waals surface area contributed by atoms with Crippen molar-refractivity contribution in [3.8, 4) is 0 Å². The number of halogens is 2. The van der Waals surface area contributed by atoms with Gasteiger partial charge in [0.15, 0.2) is 0 Å². The minimum absolute atomic E-state index is 0.540. The molecule has 0 aliphatic carbocycles. The highest BCUT2D eigenvalue weighted by molar-refractivity contribution is 9.10. The lowest BCUT2D eigenvalue weighted by Gasteiger charge is -2.40. The van der Waals surface area contributed by atoms with Gasteiger partial charge in [0.05, 0.1) is 5.69 Å². The average Bonchev–Trinajstić information content (AvgIpc) is 2.40. The molecule has 2 nitrogen and oxygen atoms in total. The fraction of sp³-hybridized carbons (Fsp3) is 0.600. The molecule has 106 valence electrons. The molecule has 1 aliphatic rings. The van der Waals surface area contributed by atoms with E-state index in [-0.39, 0.29) is 0 Å². The van der Waals surface area contributed by atoms with Gasteiger partial charge in [0.2, 0.25) is 0 Å². The summed E-state index contributed by atoms with van der Waals surface area (Å²) < 4.78 is 1.13. The first kappa shape index (κ1) is 15.1. The van der Waals surface area contributed by atoms with Crippen molar-refractivity contribution < 1.29 is 0 Å². The van der Waals surface area contributed by atoms with Crippen LogP contribution in [0, 0.1) is 0 Å². The predicted molar refractivity (Wildman–Crippen MR) is 87.3 cm³/mol. The highest BCUT2D eigenvalue weighted by Crippen LogP contribution is 2.33. The van der Waals surface area contributed by atoms with Crippen LogP contribution in [0.25, 0.3) is 0 Å². The molecule has 1 fully saturated rings. The van der Waals surface area contributed by atoms with E-state index in [0.29, 0.717) is 12.1 Å². The van der Waals surface area contributed by atoms with E-state index in [1.807, 2.05) is 12.1 Å². The van der Waals surface area contributed by atoms with Gasteiger partial charge < -0.3 is 10.2 Å². The Morgan fingerprint density at radius 2 is 2.26 bits per heavy atom. The van der Waals surface area contributed by atoms with E-state index in [0.717, 1.165) is 22.6 Å². The molecule has 0 radical (unpaired) electrons. The summed E-state index contributed by atoms with van der Waals surface area (Å²) in [4.78, 5) is 2.46. The van der Waals surface area contributed by atoms with Gasteiger partial charge in [0, 0.05) is 28.1 Å². The summed E-state index contributed by atoms with van der Waals surface area (Å²) in [6, 6.07) is 7.21. The van der Waals surface area contributed by atoms with Gasteiger partial charge >= 0.3 is 0 Å². The summed E-state index contributed by atoms with van der Waals surface area (Å²) in [6.45, 7) is 6.72. The van der Waals surface area contributed by atoms with Crippen LogP contribution in [0.1, 0.15) is 33.1 Å². The molecular weight excluding hydrogens is 324 g/mol. The molecule has 2 rings (SSSR count). The van der Waals surface area contributed by atoms with Crippen molar-refractivity contribution in [2.45, 2.75) is 45.2 Å². The molecule has 1 aliphatic heterocycles. The topological polar surface area (TPSA) is 15.3 Å². The zero-order valence-corrected chi connectivity index (χ0v) is 14.0. The van der Waals surface area contributed by atoms with E-state index < -0.39 is 0 Å². The number of benzene rings is 1. The second-order valence-corrected chi connectivity index (χ2v) is 6.60. The lowest BCUT2D eigenvalue weighted by atomic mass is 9.97. The zero-order valence-electron chi connectivity index (χ0n) is 11.6. The van der Waals surface area contributed by atoms with Crippen molar-refractivity contribution >= 4 is 33.2 Å². The Morgan fingerprint density at radius 1 is 1.47 bits per heavy atom. The molecule has 0 bridgehead atoms. The van der Waals surface area contributed by atoms with Crippen molar-refractivity contribution in [3.05, 3.63) is 27.7 Å². The smallest absolute Gasteiger partial charge is 0.0528 e. The van der Waals surface area contributed by atoms with Crippen LogP contribution in [0.4, 0.5) is 5.69 Å². The van der Waals surface area contributed by atoms with Gasteiger partial charge in [0.1, 0.15) is 0 Å². The number of hydrogen-bond donors (Lipinski definition) is 1. The third kappa shape index (κ3) is 3.87. The Bertz CT molecular complexity index is 425. The van der Waals surface area contributed by atoms with Gasteiger partial charge in [-0.15, -0.1) is 0 Å². The predicted octanol–water partition coefficient (Wildman–Crippen LogP) is 4.46. The molecular formula is C15H22BrClN2. The van der Waals surface area contributed by atoms with Gasteiger partial charge in [-0.2, -0.15) is 0 Å². The fourth-order valence-corrected chi connectivity index (χ4v) is 3.41. The highest BCUT2D eigenvalue weighted by Gasteiger charge is 2.26. The summed E-state index contributed by atoms with van der Waals surface area (Å²) in [5, 5.41) is 4.44. The van der Waals surface area contributed by atoms with Crippen molar-refractivity contribution in [3.63, 3.8) is 0 Å². The quantitative estimate of drug-likeness (QED) is 0.866. The lowest BCUT2D eigenvalue weighted by molar-refractivity contribution is 0.368. The first-order valence-corrected chi connectivity index (χ1v) is 8.24. The number of nitrogens with zero attached hydrogens (tertiary/aromatic N) is 1. The molecule has 1 aromatic carbocycles. The van der Waals surface area contributed by atoms with Crippen LogP contribution in [0.2, 0.25) is 5.02 Å². The van der Waals surface area contributed by atoms with Gasteiger partial charge in [-0.25, -0.2) is 0 Å². The highest BCUT2D eigenvalue weighted by atomic mass is 79.9. The summed E-state index contributed by atoms with van der Waals surface area (Å²) >= 11 is 9.76. The van der Waals surface area contributed by atoms with Crippen molar-refractivity contribution in [2.75, 3.05) is 18.0 Å². The van der Waals surface area contributed by atoms with Gasteiger partial charge in [-0.05, 0) is 66.9 Å². The Hall–Kier alpha value is -0.250. The van der Waals surface area contributed by atoms with Crippen LogP contribution in [0.3, 0.4) is 0 Å². The molecule has 2 unspecified atom stereocenters. The first-order valence-electron chi connectivity index (χ1n) is 7.07. The van der Waals surface area contributed by atoms with Crippen molar-refractivity contribution in [1.82, 2.24) is 5.32 Å². The number of piperidine rings is 1. The molecule has 1 aromatic rings. The van der Waals surface area contributed by atoms with E-state index >= 15 is 0 Å². The minimum atomic E-state index is 0.540. The molecule has 0 aromatic heterocycles. The monoisotopic (exact) mass is 344 g/mol. The zero-order chi connectivity index (χ0) is 13.8. The van der Waals surface area contributed by atoms with Crippen LogP contribution >= 0.6 is 27.5 Å². The average molecular weight is 346 g/mol. The standard InChI is InChI=1S/C15H22BrClN2/c1-3-7-18-13-6-8-19(11(2)9-13)15-10-12(17)4-5-14(15)16/h4-5,10-11,13,18H,3,6-9H2,1-2H3. The maximum Gasteiger partial charge on any atom is 0.0528 e. The van der Waals surface area contributed by atoms with Gasteiger partial charge in [-0.3, -0.25) is 0 Å². The SMILES string of the molecule is CCCNC1CCN(c2cc(Cl)ccc2Br)C(C)C1. The Kier molecular flexibility index (Phi) is 5.55. The number of hydrogen-bond acceptors (Lipinski definition) is 2. The number of nitrogens with one attached hydrogen (secondary N) is 1. The molecule has 1 N–H and O–H groups in total. The fourth-order valence-electron chi connectivity index (χ4n) is 2.77. The normalized spacial score (nSPS) is 23.7. The lowest BCUT2D eigenvalue weighted by Crippen LogP contribution is -2.47. The second-order valence-electron chi connectivity index (χ2n) is 5.31. The van der Waals surface area contributed by atoms with Crippen LogP contribution in [-0.2, 0) is 0 Å². The Morgan fingerprint density at radius 3 is 2.95 bits per heavy atom. The van der Waals surface area contributed by atoms with E-state index in [9.17, 15) is 0 Å². The molecule has 0 saturated carbocycles. The second kappa shape index (κ2) is 6.96. The van der Waals surface area contributed by atoms with Crippen molar-refractivity contribution in [1.29, 1.82) is 0 Å². The Balaban J connectivity index is 2.05. The van der Waals surface area contributed by atoms with E-state index in [4.69, 9.17) is 11.6 Å². The van der Waals surface area contributed by atoms with Crippen LogP contribution in [0.5, 0.6) is 0 Å². The van der Waals surface area contributed by atoms with Crippen LogP contribution in [0.15, 0.2) is 22.7 Å². The summed E-state index contributed by atoms with van der Waals surface area (Å²) in [5.41, 5.74) is 1.22. The maximum absolute atomic E-state index is 6.12. The van der Waals surface area contributed by atoms with Crippen molar-refractivity contribution in [2.24, 2.45) is 0 Å². The Labute approximate surface area is 129 Å². The maximum atomic E-state index is 6.12. The minimum Gasteiger partial charge on any atom is -0.368 e. The van der Waals surface area contributed by atoms with Crippen LogP contribution < -0.4 is 10.2 Å². The molecule has 2 atom stereocenters. The molecule has 1 saturated heterocycles. The molecule has 4 heteroatoms. The van der Waals surface area contributed by atoms with Crippen LogP contribution in [-0.4, -0.2) is 25.2 Å². The third-order valence-electron chi connectivity index (χ3n) is 3.78. The molecule has 19 heavy (non-hydrogen) atoms. The van der Waals surface area contributed by atoms with E-state index in [1.165, 1.54) is 24.9 Å². The molecule has 0 spiro atoms.